The summed E-state index contributed by atoms with van der Waals surface area (Å²) in [7, 11) is 1.57. The maximum atomic E-state index is 11.4. The summed E-state index contributed by atoms with van der Waals surface area (Å²) in [5, 5.41) is 13.6. The van der Waals surface area contributed by atoms with Gasteiger partial charge in [0.1, 0.15) is 5.75 Å². The first kappa shape index (κ1) is 13.5. The van der Waals surface area contributed by atoms with Crippen molar-refractivity contribution in [2.45, 2.75) is 6.54 Å². The van der Waals surface area contributed by atoms with E-state index in [9.17, 15) is 14.9 Å². The number of nitrogens with one attached hydrogen (secondary N) is 2. The van der Waals surface area contributed by atoms with E-state index in [4.69, 9.17) is 4.74 Å². The second-order valence-electron chi connectivity index (χ2n) is 3.89. The Morgan fingerprint density at radius 1 is 1.40 bits per heavy atom. The molecule has 0 aliphatic rings. The maximum Gasteiger partial charge on any atom is 0.375 e. The molecule has 1 aromatic carbocycles. The highest BCUT2D eigenvalue weighted by Crippen LogP contribution is 2.17. The van der Waals surface area contributed by atoms with Crippen LogP contribution in [0.3, 0.4) is 0 Å². The Bertz CT molecular complexity index is 666. The van der Waals surface area contributed by atoms with Gasteiger partial charge < -0.3 is 15.0 Å². The number of methoxy groups -OCH3 is 1. The number of nitro groups is 1. The van der Waals surface area contributed by atoms with Gasteiger partial charge in [-0.1, -0.05) is 12.1 Å². The van der Waals surface area contributed by atoms with Crippen molar-refractivity contribution in [2.24, 2.45) is 0 Å². The van der Waals surface area contributed by atoms with Gasteiger partial charge in [-0.05, 0) is 17.7 Å². The number of hydrogen-bond donors (Lipinski definition) is 2. The first-order valence-corrected chi connectivity index (χ1v) is 5.70. The molecular formula is C12H12N4O4. The Balaban J connectivity index is 2.16. The summed E-state index contributed by atoms with van der Waals surface area (Å²) in [6.45, 7) is 0.307. The lowest BCUT2D eigenvalue weighted by Gasteiger charge is -2.06. The second kappa shape index (κ2) is 5.83. The fourth-order valence-corrected chi connectivity index (χ4v) is 1.62. The zero-order chi connectivity index (χ0) is 14.5. The highest BCUT2D eigenvalue weighted by Gasteiger charge is 2.19. The van der Waals surface area contributed by atoms with Gasteiger partial charge in [0, 0.05) is 6.54 Å². The van der Waals surface area contributed by atoms with Crippen molar-refractivity contribution in [2.75, 3.05) is 12.4 Å². The largest absolute Gasteiger partial charge is 0.497 e. The molecule has 0 unspecified atom stereocenters. The van der Waals surface area contributed by atoms with Crippen LogP contribution in [-0.2, 0) is 6.54 Å². The van der Waals surface area contributed by atoms with Gasteiger partial charge in [-0.2, -0.15) is 0 Å². The van der Waals surface area contributed by atoms with Crippen molar-refractivity contribution >= 4 is 11.5 Å². The molecule has 0 saturated heterocycles. The SMILES string of the molecule is COc1ccc(CNc2nc[nH]c(=O)c2[N+](=O)[O-])cc1. The van der Waals surface area contributed by atoms with Crippen LogP contribution >= 0.6 is 0 Å². The fraction of sp³-hybridized carbons (Fsp3) is 0.167. The van der Waals surface area contributed by atoms with Crippen molar-refractivity contribution in [1.29, 1.82) is 0 Å². The number of H-pyrrole nitrogens is 1. The number of anilines is 1. The Hall–Kier alpha value is -2.90. The molecule has 0 fully saturated rings. The molecule has 1 heterocycles. The number of aromatic amines is 1. The Morgan fingerprint density at radius 2 is 2.10 bits per heavy atom. The molecule has 104 valence electrons. The lowest BCUT2D eigenvalue weighted by atomic mass is 10.2. The normalized spacial score (nSPS) is 10.1. The number of benzene rings is 1. The van der Waals surface area contributed by atoms with E-state index in [2.05, 4.69) is 15.3 Å². The van der Waals surface area contributed by atoms with Gasteiger partial charge in [0.25, 0.3) is 0 Å². The number of hydrogen-bond acceptors (Lipinski definition) is 6. The van der Waals surface area contributed by atoms with Gasteiger partial charge in [0.2, 0.25) is 5.82 Å². The lowest BCUT2D eigenvalue weighted by molar-refractivity contribution is -0.385. The standard InChI is InChI=1S/C12H12N4O4/c1-20-9-4-2-8(3-5-9)6-13-11-10(16(18)19)12(17)15-7-14-11/h2-5,7H,6H2,1H3,(H2,13,14,15,17). The minimum atomic E-state index is -0.790. The summed E-state index contributed by atoms with van der Waals surface area (Å²) in [5.74, 6) is 0.656. The van der Waals surface area contributed by atoms with Crippen LogP contribution < -0.4 is 15.6 Å². The van der Waals surface area contributed by atoms with Gasteiger partial charge in [0.15, 0.2) is 0 Å². The molecule has 1 aromatic heterocycles. The van der Waals surface area contributed by atoms with Crippen molar-refractivity contribution in [3.8, 4) is 5.75 Å². The first-order chi connectivity index (χ1) is 9.61. The summed E-state index contributed by atoms with van der Waals surface area (Å²) < 4.78 is 5.03. The highest BCUT2D eigenvalue weighted by molar-refractivity contribution is 5.53. The Morgan fingerprint density at radius 3 is 2.70 bits per heavy atom. The van der Waals surface area contributed by atoms with Gasteiger partial charge in [0.05, 0.1) is 18.4 Å². The average Bonchev–Trinajstić information content (AvgIpc) is 2.45. The average molecular weight is 276 g/mol. The Kier molecular flexibility index (Phi) is 3.94. The predicted molar refractivity (Wildman–Crippen MR) is 71.8 cm³/mol. The van der Waals surface area contributed by atoms with E-state index in [1.165, 1.54) is 0 Å². The monoisotopic (exact) mass is 276 g/mol. The molecule has 0 spiro atoms. The van der Waals surface area contributed by atoms with E-state index >= 15 is 0 Å². The van der Waals surface area contributed by atoms with Gasteiger partial charge in [-0.15, -0.1) is 0 Å². The third-order valence-corrected chi connectivity index (χ3v) is 2.63. The molecular weight excluding hydrogens is 264 g/mol. The summed E-state index contributed by atoms with van der Waals surface area (Å²) in [6, 6.07) is 7.17. The minimum Gasteiger partial charge on any atom is -0.497 e. The number of ether oxygens (including phenoxy) is 1. The van der Waals surface area contributed by atoms with E-state index in [0.29, 0.717) is 12.3 Å². The fourth-order valence-electron chi connectivity index (χ4n) is 1.62. The molecule has 20 heavy (non-hydrogen) atoms. The first-order valence-electron chi connectivity index (χ1n) is 5.70. The van der Waals surface area contributed by atoms with Crippen molar-refractivity contribution < 1.29 is 9.66 Å². The molecule has 2 rings (SSSR count). The summed E-state index contributed by atoms with van der Waals surface area (Å²) in [6.07, 6.45) is 1.12. The molecule has 0 atom stereocenters. The van der Waals surface area contributed by atoms with Gasteiger partial charge in [-0.25, -0.2) is 4.98 Å². The summed E-state index contributed by atoms with van der Waals surface area (Å²) >= 11 is 0. The molecule has 8 nitrogen and oxygen atoms in total. The lowest BCUT2D eigenvalue weighted by Crippen LogP contribution is -2.16. The van der Waals surface area contributed by atoms with E-state index in [-0.39, 0.29) is 5.82 Å². The topological polar surface area (TPSA) is 110 Å². The van der Waals surface area contributed by atoms with E-state index in [1.807, 2.05) is 12.1 Å². The van der Waals surface area contributed by atoms with Crippen molar-refractivity contribution in [1.82, 2.24) is 9.97 Å². The summed E-state index contributed by atoms with van der Waals surface area (Å²) in [4.78, 5) is 27.4. The molecule has 0 aliphatic carbocycles. The van der Waals surface area contributed by atoms with E-state index < -0.39 is 16.2 Å². The molecule has 2 N–H and O–H groups in total. The molecule has 0 bridgehead atoms. The van der Waals surface area contributed by atoms with Crippen LogP contribution in [0, 0.1) is 10.1 Å². The minimum absolute atomic E-state index is 0.0606. The molecule has 0 radical (unpaired) electrons. The third-order valence-electron chi connectivity index (χ3n) is 2.63. The second-order valence-corrected chi connectivity index (χ2v) is 3.89. The van der Waals surface area contributed by atoms with Crippen LogP contribution in [-0.4, -0.2) is 22.0 Å². The molecule has 2 aromatic rings. The quantitative estimate of drug-likeness (QED) is 0.629. The zero-order valence-corrected chi connectivity index (χ0v) is 10.6. The molecule has 0 aliphatic heterocycles. The van der Waals surface area contributed by atoms with Crippen LogP contribution in [0.15, 0.2) is 35.4 Å². The molecule has 8 heteroatoms. The molecule has 0 amide bonds. The van der Waals surface area contributed by atoms with Crippen LogP contribution in [0.1, 0.15) is 5.56 Å². The van der Waals surface area contributed by atoms with Crippen LogP contribution in [0.25, 0.3) is 0 Å². The third kappa shape index (κ3) is 2.91. The smallest absolute Gasteiger partial charge is 0.375 e. The van der Waals surface area contributed by atoms with Gasteiger partial charge in [-0.3, -0.25) is 14.9 Å². The predicted octanol–water partition coefficient (Wildman–Crippen LogP) is 1.30. The van der Waals surface area contributed by atoms with E-state index in [0.717, 1.165) is 11.9 Å². The van der Waals surface area contributed by atoms with Crippen molar-refractivity contribution in [3.63, 3.8) is 0 Å². The van der Waals surface area contributed by atoms with Crippen LogP contribution in [0.5, 0.6) is 5.75 Å². The summed E-state index contributed by atoms with van der Waals surface area (Å²) in [5.41, 5.74) is -0.509. The van der Waals surface area contributed by atoms with Crippen LogP contribution in [0.4, 0.5) is 11.5 Å². The number of aromatic nitrogens is 2. The van der Waals surface area contributed by atoms with Crippen LogP contribution in [0.2, 0.25) is 0 Å². The number of rotatable bonds is 5. The molecule has 0 saturated carbocycles. The maximum absolute atomic E-state index is 11.4. The van der Waals surface area contributed by atoms with E-state index in [1.54, 1.807) is 19.2 Å². The highest BCUT2D eigenvalue weighted by atomic mass is 16.6. The van der Waals surface area contributed by atoms with Gasteiger partial charge >= 0.3 is 11.2 Å². The zero-order valence-electron chi connectivity index (χ0n) is 10.6. The number of nitrogens with zero attached hydrogens (tertiary/aromatic N) is 2. The van der Waals surface area contributed by atoms with Crippen molar-refractivity contribution in [3.05, 3.63) is 56.6 Å². The Labute approximate surface area is 113 Å².